The molecule has 0 saturated carbocycles. The Balaban J connectivity index is 1.75. The summed E-state index contributed by atoms with van der Waals surface area (Å²) in [4.78, 5) is 19.6. The van der Waals surface area contributed by atoms with Crippen LogP contribution in [-0.4, -0.2) is 48.6 Å². The van der Waals surface area contributed by atoms with Crippen molar-refractivity contribution < 1.29 is 9.53 Å². The fourth-order valence-electron chi connectivity index (χ4n) is 3.58. The fraction of sp³-hybridized carbons (Fsp3) is 0.500. The molecule has 5 nitrogen and oxygen atoms in total. The molecule has 0 aliphatic carbocycles. The molecule has 5 heteroatoms. The third-order valence-electron chi connectivity index (χ3n) is 4.98. The highest BCUT2D eigenvalue weighted by atomic mass is 16.5. The van der Waals surface area contributed by atoms with Crippen molar-refractivity contribution in [2.45, 2.75) is 32.7 Å². The number of rotatable bonds is 6. The Morgan fingerprint density at radius 1 is 1.28 bits per heavy atom. The molecular formula is C20H27N3O2. The van der Waals surface area contributed by atoms with Crippen LogP contribution in [0, 0.1) is 5.92 Å². The van der Waals surface area contributed by atoms with E-state index >= 15 is 0 Å². The zero-order valence-electron chi connectivity index (χ0n) is 15.3. The Kier molecular flexibility index (Phi) is 5.53. The Bertz CT molecular complexity index is 739. The topological polar surface area (TPSA) is 54.5 Å². The number of likely N-dealkylation sites (tertiary alicyclic amines) is 1. The molecule has 134 valence electrons. The van der Waals surface area contributed by atoms with Gasteiger partial charge in [-0.25, -0.2) is 4.98 Å². The van der Waals surface area contributed by atoms with E-state index in [-0.39, 0.29) is 5.91 Å². The van der Waals surface area contributed by atoms with Gasteiger partial charge in [0.1, 0.15) is 11.4 Å². The number of methoxy groups -OCH3 is 1. The summed E-state index contributed by atoms with van der Waals surface area (Å²) < 4.78 is 5.44. The largest absolute Gasteiger partial charge is 0.496 e. The molecule has 2 aromatic rings. The minimum Gasteiger partial charge on any atom is -0.496 e. The van der Waals surface area contributed by atoms with Crippen LogP contribution in [0.15, 0.2) is 30.3 Å². The monoisotopic (exact) mass is 341 g/mol. The first-order valence-corrected chi connectivity index (χ1v) is 9.06. The first kappa shape index (κ1) is 17.7. The molecular weight excluding hydrogens is 314 g/mol. The van der Waals surface area contributed by atoms with Crippen molar-refractivity contribution in [3.8, 4) is 5.75 Å². The highest BCUT2D eigenvalue weighted by Crippen LogP contribution is 2.25. The van der Waals surface area contributed by atoms with E-state index in [2.05, 4.69) is 29.0 Å². The van der Waals surface area contributed by atoms with Gasteiger partial charge in [0.15, 0.2) is 0 Å². The lowest BCUT2D eigenvalue weighted by atomic mass is 10.0. The number of hydrogen-bond donors (Lipinski definition) is 1. The van der Waals surface area contributed by atoms with Crippen LogP contribution >= 0.6 is 0 Å². The first-order valence-electron chi connectivity index (χ1n) is 9.06. The molecule has 1 aliphatic rings. The molecule has 2 heterocycles. The molecule has 0 bridgehead atoms. The van der Waals surface area contributed by atoms with Gasteiger partial charge in [0.05, 0.1) is 12.6 Å². The van der Waals surface area contributed by atoms with Crippen molar-refractivity contribution in [1.82, 2.24) is 15.2 Å². The smallest absolute Gasteiger partial charge is 0.270 e. The molecule has 1 aromatic carbocycles. The Labute approximate surface area is 149 Å². The minimum atomic E-state index is -0.145. The molecule has 1 unspecified atom stereocenters. The normalized spacial score (nSPS) is 16.3. The number of carbonyl (C=O) groups excluding carboxylic acids is 1. The van der Waals surface area contributed by atoms with E-state index in [9.17, 15) is 4.79 Å². The Morgan fingerprint density at radius 3 is 2.68 bits per heavy atom. The predicted octanol–water partition coefficient (Wildman–Crippen LogP) is 3.09. The standard InChI is InChI=1S/C20H27N3O2/c1-14(2)18(23-10-6-7-11-23)13-21-20(24)17-12-19(25-3)15-8-4-5-9-16(15)22-17/h4-5,8-9,12,14,18H,6-7,10-11,13H2,1-3H3,(H,21,24). The summed E-state index contributed by atoms with van der Waals surface area (Å²) in [6.45, 7) is 7.33. The van der Waals surface area contributed by atoms with Gasteiger partial charge >= 0.3 is 0 Å². The molecule has 1 saturated heterocycles. The van der Waals surface area contributed by atoms with Crippen LogP contribution in [0.25, 0.3) is 10.9 Å². The molecule has 1 aliphatic heterocycles. The van der Waals surface area contributed by atoms with E-state index in [1.807, 2.05) is 24.3 Å². The molecule has 3 rings (SSSR count). The van der Waals surface area contributed by atoms with Gasteiger partial charge in [0.2, 0.25) is 0 Å². The number of amides is 1. The highest BCUT2D eigenvalue weighted by Gasteiger charge is 2.25. The Hall–Kier alpha value is -2.14. The van der Waals surface area contributed by atoms with Gasteiger partial charge in [-0.05, 0) is 44.0 Å². The van der Waals surface area contributed by atoms with Gasteiger partial charge in [-0.3, -0.25) is 9.69 Å². The summed E-state index contributed by atoms with van der Waals surface area (Å²) >= 11 is 0. The molecule has 25 heavy (non-hydrogen) atoms. The van der Waals surface area contributed by atoms with Crippen LogP contribution in [0.2, 0.25) is 0 Å². The number of benzene rings is 1. The predicted molar refractivity (Wildman–Crippen MR) is 100 cm³/mol. The van der Waals surface area contributed by atoms with Crippen molar-refractivity contribution in [3.63, 3.8) is 0 Å². The van der Waals surface area contributed by atoms with E-state index in [0.29, 0.717) is 29.9 Å². The minimum absolute atomic E-state index is 0.145. The van der Waals surface area contributed by atoms with Crippen LogP contribution in [0.5, 0.6) is 5.75 Å². The number of nitrogens with zero attached hydrogens (tertiary/aromatic N) is 2. The fourth-order valence-corrected chi connectivity index (χ4v) is 3.58. The summed E-state index contributed by atoms with van der Waals surface area (Å²) in [6.07, 6.45) is 2.50. The van der Waals surface area contributed by atoms with E-state index in [1.54, 1.807) is 13.2 Å². The van der Waals surface area contributed by atoms with Crippen LogP contribution in [0.4, 0.5) is 0 Å². The lowest BCUT2D eigenvalue weighted by Crippen LogP contribution is -2.45. The molecule has 1 atom stereocenters. The van der Waals surface area contributed by atoms with Gasteiger partial charge in [0.25, 0.3) is 5.91 Å². The van der Waals surface area contributed by atoms with Crippen LogP contribution < -0.4 is 10.1 Å². The van der Waals surface area contributed by atoms with Crippen molar-refractivity contribution in [1.29, 1.82) is 0 Å². The number of para-hydroxylation sites is 1. The zero-order valence-corrected chi connectivity index (χ0v) is 15.3. The van der Waals surface area contributed by atoms with Crippen molar-refractivity contribution in [2.24, 2.45) is 5.92 Å². The van der Waals surface area contributed by atoms with Gasteiger partial charge in [-0.15, -0.1) is 0 Å². The molecule has 1 aromatic heterocycles. The second-order valence-corrected chi connectivity index (χ2v) is 6.99. The van der Waals surface area contributed by atoms with E-state index in [1.165, 1.54) is 12.8 Å². The molecule has 0 spiro atoms. The molecule has 1 fully saturated rings. The number of pyridine rings is 1. The van der Waals surface area contributed by atoms with Crippen molar-refractivity contribution in [3.05, 3.63) is 36.0 Å². The van der Waals surface area contributed by atoms with Gasteiger partial charge < -0.3 is 10.1 Å². The number of aromatic nitrogens is 1. The highest BCUT2D eigenvalue weighted by molar-refractivity contribution is 5.97. The Morgan fingerprint density at radius 2 is 2.00 bits per heavy atom. The summed E-state index contributed by atoms with van der Waals surface area (Å²) in [6, 6.07) is 9.79. The maximum atomic E-state index is 12.7. The average molecular weight is 341 g/mol. The average Bonchev–Trinajstić information content (AvgIpc) is 3.14. The summed E-state index contributed by atoms with van der Waals surface area (Å²) in [5.41, 5.74) is 1.17. The summed E-state index contributed by atoms with van der Waals surface area (Å²) in [7, 11) is 1.62. The lowest BCUT2D eigenvalue weighted by Gasteiger charge is -2.30. The molecule has 1 amide bonds. The third kappa shape index (κ3) is 3.93. The maximum absolute atomic E-state index is 12.7. The number of nitrogens with one attached hydrogen (secondary N) is 1. The summed E-state index contributed by atoms with van der Waals surface area (Å²) in [5.74, 6) is 1.03. The SMILES string of the molecule is COc1cc(C(=O)NCC(C(C)C)N2CCCC2)nc2ccccc12. The second-order valence-electron chi connectivity index (χ2n) is 6.99. The quantitative estimate of drug-likeness (QED) is 0.877. The van der Waals surface area contributed by atoms with Crippen molar-refractivity contribution in [2.75, 3.05) is 26.7 Å². The van der Waals surface area contributed by atoms with Crippen LogP contribution in [0.3, 0.4) is 0 Å². The van der Waals surface area contributed by atoms with Gasteiger partial charge in [-0.1, -0.05) is 26.0 Å². The zero-order chi connectivity index (χ0) is 17.8. The number of fused-ring (bicyclic) bond motifs is 1. The van der Waals surface area contributed by atoms with Gasteiger partial charge in [0, 0.05) is 24.0 Å². The second kappa shape index (κ2) is 7.83. The first-order chi connectivity index (χ1) is 12.1. The van der Waals surface area contributed by atoms with E-state index in [0.717, 1.165) is 24.0 Å². The van der Waals surface area contributed by atoms with Gasteiger partial charge in [-0.2, -0.15) is 0 Å². The number of carbonyl (C=O) groups is 1. The van der Waals surface area contributed by atoms with Crippen molar-refractivity contribution >= 4 is 16.8 Å². The summed E-state index contributed by atoms with van der Waals surface area (Å²) in [5, 5.41) is 3.99. The number of hydrogen-bond acceptors (Lipinski definition) is 4. The van der Waals surface area contributed by atoms with E-state index in [4.69, 9.17) is 4.74 Å². The van der Waals surface area contributed by atoms with Crippen LogP contribution in [0.1, 0.15) is 37.2 Å². The lowest BCUT2D eigenvalue weighted by molar-refractivity contribution is 0.0922. The van der Waals surface area contributed by atoms with E-state index < -0.39 is 0 Å². The molecule has 1 N–H and O–H groups in total. The molecule has 0 radical (unpaired) electrons. The third-order valence-corrected chi connectivity index (χ3v) is 4.98. The number of ether oxygens (including phenoxy) is 1. The van der Waals surface area contributed by atoms with Crippen LogP contribution in [-0.2, 0) is 0 Å². The maximum Gasteiger partial charge on any atom is 0.270 e.